The van der Waals surface area contributed by atoms with Crippen LogP contribution in [0.5, 0.6) is 0 Å². The molecular weight excluding hydrogens is 270 g/mol. The van der Waals surface area contributed by atoms with Gasteiger partial charge < -0.3 is 17.0 Å². The Bertz CT molecular complexity index is 468. The molecule has 0 N–H and O–H groups in total. The first-order chi connectivity index (χ1) is 6.50. The fourth-order valence-electron chi connectivity index (χ4n) is 1.94. The fraction of sp³-hybridized carbons (Fsp3) is 0.417. The van der Waals surface area contributed by atoms with Crippen molar-refractivity contribution in [2.24, 2.45) is 0 Å². The highest BCUT2D eigenvalue weighted by Crippen LogP contribution is 2.22. The maximum atomic E-state index is 2.41. The molecule has 2 rings (SSSR count). The Morgan fingerprint density at radius 1 is 1.13 bits per heavy atom. The van der Waals surface area contributed by atoms with Gasteiger partial charge in [-0.1, -0.05) is 23.5 Å². The van der Waals surface area contributed by atoms with E-state index >= 15 is 0 Å². The van der Waals surface area contributed by atoms with Crippen LogP contribution in [-0.2, 0) is 5.54 Å². The highest BCUT2D eigenvalue weighted by atomic mass is 79.9. The summed E-state index contributed by atoms with van der Waals surface area (Å²) in [6.45, 7) is 8.94. The number of halogens is 1. The van der Waals surface area contributed by atoms with Crippen molar-refractivity contribution in [2.75, 3.05) is 0 Å². The van der Waals surface area contributed by atoms with Crippen LogP contribution in [0.25, 0.3) is 10.2 Å². The van der Waals surface area contributed by atoms with Crippen LogP contribution in [0.3, 0.4) is 0 Å². The quantitative estimate of drug-likeness (QED) is 0.612. The van der Waals surface area contributed by atoms with E-state index in [1.165, 1.54) is 15.2 Å². The van der Waals surface area contributed by atoms with E-state index in [0.717, 1.165) is 0 Å². The molecule has 0 spiro atoms. The molecule has 0 saturated carbocycles. The largest absolute Gasteiger partial charge is 1.00 e. The molecule has 0 aliphatic heterocycles. The van der Waals surface area contributed by atoms with E-state index in [2.05, 4.69) is 56.5 Å². The van der Waals surface area contributed by atoms with Gasteiger partial charge in [-0.05, 0) is 6.07 Å². The van der Waals surface area contributed by atoms with Crippen molar-refractivity contribution in [3.8, 4) is 0 Å². The number of aryl methyl sites for hydroxylation is 1. The topological polar surface area (TPSA) is 3.88 Å². The highest BCUT2D eigenvalue weighted by molar-refractivity contribution is 7.18. The second-order valence-electron chi connectivity index (χ2n) is 4.60. The number of aromatic nitrogens is 1. The van der Waals surface area contributed by atoms with Crippen LogP contribution in [0.1, 0.15) is 25.8 Å². The van der Waals surface area contributed by atoms with Crippen molar-refractivity contribution in [3.05, 3.63) is 29.3 Å². The Morgan fingerprint density at radius 2 is 1.73 bits per heavy atom. The molecule has 1 aromatic carbocycles. The summed E-state index contributed by atoms with van der Waals surface area (Å²) in [7, 11) is 0. The van der Waals surface area contributed by atoms with Crippen molar-refractivity contribution < 1.29 is 21.5 Å². The SMILES string of the molecule is Cc1sc2ccccc2[n+]1C(C)(C)C.[Br-]. The molecule has 0 atom stereocenters. The summed E-state index contributed by atoms with van der Waals surface area (Å²) in [5.41, 5.74) is 1.52. The normalized spacial score (nSPS) is 11.5. The summed E-state index contributed by atoms with van der Waals surface area (Å²) < 4.78 is 3.78. The molecular formula is C12H16BrNS. The van der Waals surface area contributed by atoms with E-state index in [0.29, 0.717) is 0 Å². The van der Waals surface area contributed by atoms with E-state index in [-0.39, 0.29) is 22.5 Å². The van der Waals surface area contributed by atoms with Crippen molar-refractivity contribution in [1.82, 2.24) is 0 Å². The lowest BCUT2D eigenvalue weighted by Gasteiger charge is -2.12. The number of hydrogen-bond donors (Lipinski definition) is 0. The van der Waals surface area contributed by atoms with Crippen LogP contribution < -0.4 is 21.5 Å². The Kier molecular flexibility index (Phi) is 3.56. The minimum absolute atomic E-state index is 0. The smallest absolute Gasteiger partial charge is 0.235 e. The standard InChI is InChI=1S/C12H16NS.BrH/c1-9-13(12(2,3)4)10-7-5-6-8-11(10)14-9;/h5-8H,1-4H3;1H/q+1;/p-1. The number of para-hydroxylation sites is 1. The molecule has 0 fully saturated rings. The molecule has 15 heavy (non-hydrogen) atoms. The average Bonchev–Trinajstić information content (AvgIpc) is 2.38. The van der Waals surface area contributed by atoms with Gasteiger partial charge in [0, 0.05) is 33.8 Å². The predicted octanol–water partition coefficient (Wildman–Crippen LogP) is 0.256. The number of nitrogens with zero attached hydrogens (tertiary/aromatic N) is 1. The van der Waals surface area contributed by atoms with Gasteiger partial charge in [0.1, 0.15) is 4.70 Å². The summed E-state index contributed by atoms with van der Waals surface area (Å²) in [4.78, 5) is 0. The monoisotopic (exact) mass is 285 g/mol. The van der Waals surface area contributed by atoms with E-state index in [4.69, 9.17) is 0 Å². The summed E-state index contributed by atoms with van der Waals surface area (Å²) >= 11 is 1.87. The van der Waals surface area contributed by atoms with Crippen LogP contribution in [0.2, 0.25) is 0 Å². The van der Waals surface area contributed by atoms with Gasteiger partial charge in [0.05, 0.1) is 0 Å². The lowest BCUT2D eigenvalue weighted by molar-refractivity contribution is -0.731. The Morgan fingerprint density at radius 3 is 2.33 bits per heavy atom. The van der Waals surface area contributed by atoms with Crippen molar-refractivity contribution >= 4 is 21.6 Å². The molecule has 0 bridgehead atoms. The van der Waals surface area contributed by atoms with Crippen molar-refractivity contribution in [1.29, 1.82) is 0 Å². The van der Waals surface area contributed by atoms with Crippen LogP contribution in [0, 0.1) is 6.92 Å². The predicted molar refractivity (Wildman–Crippen MR) is 61.8 cm³/mol. The van der Waals surface area contributed by atoms with Gasteiger partial charge in [-0.25, -0.2) is 0 Å². The van der Waals surface area contributed by atoms with Gasteiger partial charge in [-0.2, -0.15) is 4.57 Å². The van der Waals surface area contributed by atoms with Gasteiger partial charge >= 0.3 is 0 Å². The molecule has 1 heterocycles. The van der Waals surface area contributed by atoms with Crippen LogP contribution >= 0.6 is 11.3 Å². The second-order valence-corrected chi connectivity index (χ2v) is 5.83. The van der Waals surface area contributed by atoms with E-state index in [1.54, 1.807) is 0 Å². The number of benzene rings is 1. The first kappa shape index (κ1) is 12.7. The molecule has 0 saturated heterocycles. The molecule has 0 radical (unpaired) electrons. The van der Waals surface area contributed by atoms with E-state index in [9.17, 15) is 0 Å². The third kappa shape index (κ3) is 2.23. The van der Waals surface area contributed by atoms with E-state index < -0.39 is 0 Å². The molecule has 0 aliphatic carbocycles. The Balaban J connectivity index is 0.00000112. The van der Waals surface area contributed by atoms with Crippen LogP contribution in [-0.4, -0.2) is 0 Å². The maximum Gasteiger partial charge on any atom is 0.235 e. The number of rotatable bonds is 0. The Labute approximate surface area is 106 Å². The molecule has 82 valence electrons. The summed E-state index contributed by atoms with van der Waals surface area (Å²) in [6.07, 6.45) is 0. The first-order valence-electron chi connectivity index (χ1n) is 4.91. The molecule has 0 amide bonds. The van der Waals surface area contributed by atoms with Gasteiger partial charge in [0.2, 0.25) is 10.5 Å². The number of fused-ring (bicyclic) bond motifs is 1. The van der Waals surface area contributed by atoms with Gasteiger partial charge in [-0.15, -0.1) is 0 Å². The second kappa shape index (κ2) is 4.22. The molecule has 0 aliphatic rings. The Hall–Kier alpha value is -0.410. The fourth-order valence-corrected chi connectivity index (χ4v) is 3.13. The van der Waals surface area contributed by atoms with Crippen molar-refractivity contribution in [3.63, 3.8) is 0 Å². The highest BCUT2D eigenvalue weighted by Gasteiger charge is 2.28. The molecule has 0 unspecified atom stereocenters. The van der Waals surface area contributed by atoms with Crippen LogP contribution in [0.4, 0.5) is 0 Å². The maximum absolute atomic E-state index is 2.41. The third-order valence-electron chi connectivity index (χ3n) is 2.35. The van der Waals surface area contributed by atoms with Crippen LogP contribution in [0.15, 0.2) is 24.3 Å². The van der Waals surface area contributed by atoms with Gasteiger partial charge in [0.15, 0.2) is 5.54 Å². The molecule has 1 aromatic heterocycles. The van der Waals surface area contributed by atoms with Gasteiger partial charge in [0.25, 0.3) is 0 Å². The van der Waals surface area contributed by atoms with Gasteiger partial charge in [-0.3, -0.25) is 0 Å². The molecule has 1 nitrogen and oxygen atoms in total. The number of hydrogen-bond acceptors (Lipinski definition) is 1. The zero-order valence-corrected chi connectivity index (χ0v) is 11.9. The lowest BCUT2D eigenvalue weighted by atomic mass is 10.1. The summed E-state index contributed by atoms with van der Waals surface area (Å²) in [5, 5.41) is 1.37. The summed E-state index contributed by atoms with van der Waals surface area (Å²) in [5.74, 6) is 0. The summed E-state index contributed by atoms with van der Waals surface area (Å²) in [6, 6.07) is 8.60. The average molecular weight is 286 g/mol. The first-order valence-corrected chi connectivity index (χ1v) is 5.72. The van der Waals surface area contributed by atoms with E-state index in [1.807, 2.05) is 11.3 Å². The lowest BCUT2D eigenvalue weighted by Crippen LogP contribution is -3.00. The molecule has 3 heteroatoms. The van der Waals surface area contributed by atoms with Crippen molar-refractivity contribution in [2.45, 2.75) is 33.2 Å². The zero-order chi connectivity index (χ0) is 10.3. The zero-order valence-electron chi connectivity index (χ0n) is 9.54. The number of thiazole rings is 1. The third-order valence-corrected chi connectivity index (χ3v) is 3.39. The minimum atomic E-state index is 0. The minimum Gasteiger partial charge on any atom is -1.00 e. The molecule has 2 aromatic rings.